The molecule has 0 atom stereocenters. The van der Waals surface area contributed by atoms with Gasteiger partial charge in [0.1, 0.15) is 6.54 Å². The molecule has 1 heterocycles. The van der Waals surface area contributed by atoms with Crippen LogP contribution in [-0.4, -0.2) is 35.0 Å². The number of carbonyl (C=O) groups is 3. The van der Waals surface area contributed by atoms with Crippen molar-refractivity contribution in [3.05, 3.63) is 53.0 Å². The highest BCUT2D eigenvalue weighted by atomic mass is 32.2. The van der Waals surface area contributed by atoms with Gasteiger partial charge in [-0.25, -0.2) is 0 Å². The Labute approximate surface area is 139 Å². The smallest absolute Gasteiger partial charge is 0.294 e. The highest BCUT2D eigenvalue weighted by Gasteiger charge is 2.35. The van der Waals surface area contributed by atoms with Crippen LogP contribution in [0.15, 0.2) is 47.4 Å². The standard InChI is InChI=1S/C17H18N2O3S/c1-2-11-18-15(20)12-19-16(21)14(23-17(19)22)10-6-9-13-7-4-3-5-8-13/h3-10H,2,11-12H2,1H3,(H,18,20)/b9-6+,14-10-. The number of thioether (sulfide) groups is 1. The predicted octanol–water partition coefficient (Wildman–Crippen LogP) is 2.81. The number of allylic oxidation sites excluding steroid dienone is 2. The Balaban J connectivity index is 1.99. The number of nitrogens with zero attached hydrogens (tertiary/aromatic N) is 1. The Hall–Kier alpha value is -2.34. The van der Waals surface area contributed by atoms with Crippen molar-refractivity contribution in [3.8, 4) is 0 Å². The average molecular weight is 330 g/mol. The zero-order valence-corrected chi connectivity index (χ0v) is 13.6. The van der Waals surface area contributed by atoms with Gasteiger partial charge in [-0.1, -0.05) is 49.4 Å². The zero-order valence-electron chi connectivity index (χ0n) is 12.8. The van der Waals surface area contributed by atoms with E-state index in [1.807, 2.05) is 43.3 Å². The van der Waals surface area contributed by atoms with E-state index in [0.29, 0.717) is 11.4 Å². The molecule has 1 saturated heterocycles. The fraction of sp³-hybridized carbons (Fsp3) is 0.235. The number of rotatable bonds is 6. The topological polar surface area (TPSA) is 66.5 Å². The first-order valence-corrected chi connectivity index (χ1v) is 8.17. The zero-order chi connectivity index (χ0) is 16.7. The molecule has 5 nitrogen and oxygen atoms in total. The van der Waals surface area contributed by atoms with E-state index >= 15 is 0 Å². The summed E-state index contributed by atoms with van der Waals surface area (Å²) in [5.74, 6) is -0.750. The molecule has 0 spiro atoms. The minimum atomic E-state index is -0.427. The molecule has 1 N–H and O–H groups in total. The van der Waals surface area contributed by atoms with Crippen LogP contribution < -0.4 is 5.32 Å². The minimum absolute atomic E-state index is 0.232. The van der Waals surface area contributed by atoms with Crippen molar-refractivity contribution in [2.75, 3.05) is 13.1 Å². The van der Waals surface area contributed by atoms with Crippen LogP contribution in [0.2, 0.25) is 0 Å². The average Bonchev–Trinajstić information content (AvgIpc) is 2.81. The van der Waals surface area contributed by atoms with Gasteiger partial charge >= 0.3 is 0 Å². The lowest BCUT2D eigenvalue weighted by molar-refractivity contribution is -0.129. The van der Waals surface area contributed by atoms with Gasteiger partial charge in [-0.05, 0) is 29.8 Å². The molecule has 0 aliphatic carbocycles. The summed E-state index contributed by atoms with van der Waals surface area (Å²) in [5.41, 5.74) is 1.00. The van der Waals surface area contributed by atoms with Crippen molar-refractivity contribution in [1.82, 2.24) is 10.2 Å². The van der Waals surface area contributed by atoms with Gasteiger partial charge in [-0.3, -0.25) is 19.3 Å². The van der Waals surface area contributed by atoms with Crippen LogP contribution in [0.4, 0.5) is 4.79 Å². The van der Waals surface area contributed by atoms with E-state index in [1.165, 1.54) is 0 Å². The second kappa shape index (κ2) is 8.33. The molecule has 120 valence electrons. The fourth-order valence-electron chi connectivity index (χ4n) is 1.93. The van der Waals surface area contributed by atoms with Crippen LogP contribution in [-0.2, 0) is 9.59 Å². The molecule has 1 aromatic carbocycles. The van der Waals surface area contributed by atoms with Crippen molar-refractivity contribution in [2.45, 2.75) is 13.3 Å². The lowest BCUT2D eigenvalue weighted by Crippen LogP contribution is -2.39. The highest BCUT2D eigenvalue weighted by molar-refractivity contribution is 8.18. The lowest BCUT2D eigenvalue weighted by atomic mass is 10.2. The molecule has 3 amide bonds. The second-order valence-electron chi connectivity index (χ2n) is 4.91. The highest BCUT2D eigenvalue weighted by Crippen LogP contribution is 2.30. The molecular weight excluding hydrogens is 312 g/mol. The summed E-state index contributed by atoms with van der Waals surface area (Å²) >= 11 is 0.850. The number of amides is 3. The Morgan fingerprint density at radius 2 is 2.00 bits per heavy atom. The van der Waals surface area contributed by atoms with Crippen molar-refractivity contribution in [1.29, 1.82) is 0 Å². The number of nitrogens with one attached hydrogen (secondary N) is 1. The predicted molar refractivity (Wildman–Crippen MR) is 91.6 cm³/mol. The van der Waals surface area contributed by atoms with Gasteiger partial charge in [0.25, 0.3) is 11.1 Å². The van der Waals surface area contributed by atoms with Crippen molar-refractivity contribution in [3.63, 3.8) is 0 Å². The lowest BCUT2D eigenvalue weighted by Gasteiger charge is -2.11. The Bertz CT molecular complexity index is 653. The Morgan fingerprint density at radius 1 is 1.26 bits per heavy atom. The number of hydrogen-bond donors (Lipinski definition) is 1. The van der Waals surface area contributed by atoms with Crippen LogP contribution in [0.5, 0.6) is 0 Å². The van der Waals surface area contributed by atoms with Gasteiger partial charge in [0.05, 0.1) is 4.91 Å². The Morgan fingerprint density at radius 3 is 2.70 bits per heavy atom. The largest absolute Gasteiger partial charge is 0.355 e. The molecule has 1 aliphatic rings. The van der Waals surface area contributed by atoms with Crippen LogP contribution in [0.3, 0.4) is 0 Å². The van der Waals surface area contributed by atoms with Crippen molar-refractivity contribution < 1.29 is 14.4 Å². The van der Waals surface area contributed by atoms with Crippen molar-refractivity contribution in [2.24, 2.45) is 0 Å². The van der Waals surface area contributed by atoms with Gasteiger partial charge in [0.2, 0.25) is 5.91 Å². The number of hydrogen-bond acceptors (Lipinski definition) is 4. The van der Waals surface area contributed by atoms with E-state index in [9.17, 15) is 14.4 Å². The third-order valence-electron chi connectivity index (χ3n) is 3.08. The third-order valence-corrected chi connectivity index (χ3v) is 4.01. The molecule has 0 bridgehead atoms. The van der Waals surface area contributed by atoms with E-state index in [4.69, 9.17) is 0 Å². The number of imide groups is 1. The second-order valence-corrected chi connectivity index (χ2v) is 5.90. The number of benzene rings is 1. The van der Waals surface area contributed by atoms with Gasteiger partial charge < -0.3 is 5.32 Å². The summed E-state index contributed by atoms with van der Waals surface area (Å²) in [6, 6.07) is 9.64. The summed E-state index contributed by atoms with van der Waals surface area (Å²) in [5, 5.41) is 2.24. The molecule has 1 aliphatic heterocycles. The molecule has 6 heteroatoms. The summed E-state index contributed by atoms with van der Waals surface area (Å²) in [6.45, 7) is 2.23. The monoisotopic (exact) mass is 330 g/mol. The van der Waals surface area contributed by atoms with E-state index in [1.54, 1.807) is 12.2 Å². The Kier molecular flexibility index (Phi) is 6.17. The molecule has 0 saturated carbocycles. The maximum Gasteiger partial charge on any atom is 0.294 e. The van der Waals surface area contributed by atoms with Crippen LogP contribution in [0.25, 0.3) is 6.08 Å². The van der Waals surface area contributed by atoms with Gasteiger partial charge in [0, 0.05) is 6.54 Å². The van der Waals surface area contributed by atoms with E-state index in [-0.39, 0.29) is 12.5 Å². The van der Waals surface area contributed by atoms with Crippen LogP contribution in [0, 0.1) is 0 Å². The van der Waals surface area contributed by atoms with E-state index in [2.05, 4.69) is 5.32 Å². The van der Waals surface area contributed by atoms with E-state index in [0.717, 1.165) is 28.6 Å². The summed E-state index contributed by atoms with van der Waals surface area (Å²) < 4.78 is 0. The molecule has 0 unspecified atom stereocenters. The van der Waals surface area contributed by atoms with Gasteiger partial charge in [0.15, 0.2) is 0 Å². The first-order valence-electron chi connectivity index (χ1n) is 7.35. The molecule has 2 rings (SSSR count). The summed E-state index contributed by atoms with van der Waals surface area (Å²) in [7, 11) is 0. The van der Waals surface area contributed by atoms with Crippen LogP contribution in [0.1, 0.15) is 18.9 Å². The molecule has 0 radical (unpaired) electrons. The third kappa shape index (κ3) is 4.82. The van der Waals surface area contributed by atoms with Crippen LogP contribution >= 0.6 is 11.8 Å². The minimum Gasteiger partial charge on any atom is -0.355 e. The molecule has 1 aromatic rings. The molecule has 0 aromatic heterocycles. The van der Waals surface area contributed by atoms with Gasteiger partial charge in [-0.15, -0.1) is 0 Å². The quantitative estimate of drug-likeness (QED) is 0.815. The fourth-order valence-corrected chi connectivity index (χ4v) is 2.71. The maximum atomic E-state index is 12.2. The van der Waals surface area contributed by atoms with E-state index < -0.39 is 11.1 Å². The first-order chi connectivity index (χ1) is 11.1. The maximum absolute atomic E-state index is 12.2. The summed E-state index contributed by atoms with van der Waals surface area (Å²) in [6.07, 6.45) is 5.98. The molecule has 1 fully saturated rings. The normalized spacial score (nSPS) is 16.6. The van der Waals surface area contributed by atoms with Crippen molar-refractivity contribution >= 4 is 34.9 Å². The number of carbonyl (C=O) groups excluding carboxylic acids is 3. The molecular formula is C17H18N2O3S. The summed E-state index contributed by atoms with van der Waals surface area (Å²) in [4.78, 5) is 37.0. The van der Waals surface area contributed by atoms with Gasteiger partial charge in [-0.2, -0.15) is 0 Å². The molecule has 23 heavy (non-hydrogen) atoms. The SMILES string of the molecule is CCCNC(=O)CN1C(=O)S/C(=C\C=C\c2ccccc2)C1=O. The first kappa shape index (κ1) is 17.0.